The number of halogens is 1. The van der Waals surface area contributed by atoms with Crippen molar-refractivity contribution in [3.8, 4) is 0 Å². The largest absolute Gasteiger partial charge is 1.00 e. The minimum atomic E-state index is -1.08. The van der Waals surface area contributed by atoms with Crippen LogP contribution < -0.4 is 24.2 Å². The molecule has 2 N–H and O–H groups in total. The molecule has 12 fully saturated rings. The van der Waals surface area contributed by atoms with Crippen LogP contribution in [-0.4, -0.2) is 247 Å². The molecule has 4 spiro atoms. The number of hydrogen-bond donors (Lipinski definition) is 1. The Bertz CT molecular complexity index is 2530. The number of hydrogen-bond acceptors (Lipinski definition) is 19. The quantitative estimate of drug-likeness (QED) is 0.0740. The minimum Gasteiger partial charge on any atom is -0.870 e. The molecule has 10 saturated heterocycles. The molecule has 2 aliphatic carbocycles. The van der Waals surface area contributed by atoms with E-state index >= 15 is 0 Å². The number of amides is 4. The molecule has 550 valence electrons. The summed E-state index contributed by atoms with van der Waals surface area (Å²) in [4.78, 5) is 108. The molecule has 25 heteroatoms. The van der Waals surface area contributed by atoms with Crippen LogP contribution in [0.15, 0.2) is 0 Å². The number of likely N-dealkylation sites (N-methyl/N-ethyl adjacent to an activating group) is 3. The number of Topliss-reactive ketones (excluding diaryl/α,β-unsaturated/α-hetero) is 1. The third-order valence-corrected chi connectivity index (χ3v) is 26.2. The average Bonchev–Trinajstić information content (AvgIpc) is 1.53. The Morgan fingerprint density at radius 3 is 0.938 bits per heavy atom. The van der Waals surface area contributed by atoms with Crippen LogP contribution in [0.4, 0.5) is 19.2 Å². The Kier molecular flexibility index (Phi) is 28.5. The van der Waals surface area contributed by atoms with E-state index in [1.54, 1.807) is 0 Å². The maximum atomic E-state index is 11.8. The molecule has 2 saturated carbocycles. The normalized spacial score (nSPS) is 32.6. The third-order valence-electron chi connectivity index (χ3n) is 25.9. The van der Waals surface area contributed by atoms with E-state index < -0.39 is 32.7 Å². The number of ether oxygens (including phenoxy) is 6. The Labute approximate surface area is 598 Å². The van der Waals surface area contributed by atoms with Gasteiger partial charge in [0.1, 0.15) is 22.4 Å². The van der Waals surface area contributed by atoms with Crippen molar-refractivity contribution in [2.24, 2.45) is 21.7 Å². The number of alkyl carbamates (subject to hydrolysis) is 1. The SMILES string of the molecule is CC(=O)C12CCC(C)(C(=O)O1)C2(C)C.CC12CCC(C(=O)Cl)(OC1=O)C2(C)C.CCCCC1N(C)C(=O)OC12CCN(C)CC2.CCCCC1NC(=O)OC12CCN(C)CC2.CCCC[C@@H]1N(C)C(=O)OC12CCN(C)CC2.CCCC[C@H]1N(C)C(=O)OC12CCN(C)CC2.[Li+].[OH-]. The van der Waals surface area contributed by atoms with E-state index in [0.29, 0.717) is 19.3 Å². The maximum absolute atomic E-state index is 11.8. The number of carbonyl (C=O) groups is 8. The molecule has 0 radical (unpaired) electrons. The van der Waals surface area contributed by atoms with E-state index in [0.717, 1.165) is 142 Å². The first-order valence-electron chi connectivity index (χ1n) is 36.3. The second kappa shape index (κ2) is 33.0. The topological polar surface area (TPSA) is 257 Å². The van der Waals surface area contributed by atoms with Gasteiger partial charge in [0.15, 0.2) is 17.0 Å². The van der Waals surface area contributed by atoms with Gasteiger partial charge in [-0.05, 0) is 112 Å². The zero-order valence-corrected chi connectivity index (χ0v) is 63.9. The van der Waals surface area contributed by atoms with Gasteiger partial charge < -0.3 is 73.5 Å². The molecule has 97 heavy (non-hydrogen) atoms. The summed E-state index contributed by atoms with van der Waals surface area (Å²) < 4.78 is 33.3. The molecule has 0 aromatic heterocycles. The summed E-state index contributed by atoms with van der Waals surface area (Å²) in [5.74, 6) is -0.510. The van der Waals surface area contributed by atoms with E-state index in [4.69, 9.17) is 40.0 Å². The fourth-order valence-corrected chi connectivity index (χ4v) is 18.0. The molecular weight excluding hydrogens is 1260 g/mol. The van der Waals surface area contributed by atoms with Gasteiger partial charge >= 0.3 is 55.2 Å². The third kappa shape index (κ3) is 16.0. The van der Waals surface area contributed by atoms with E-state index in [9.17, 15) is 38.4 Å². The summed E-state index contributed by atoms with van der Waals surface area (Å²) in [6.07, 6.45) is 23.5. The summed E-state index contributed by atoms with van der Waals surface area (Å²) in [5, 5.41) is 2.44. The van der Waals surface area contributed by atoms with Crippen molar-refractivity contribution in [3.05, 3.63) is 0 Å². The van der Waals surface area contributed by atoms with Crippen LogP contribution in [-0.2, 0) is 47.6 Å². The second-order valence-corrected chi connectivity index (χ2v) is 32.1. The number of rotatable bonds is 14. The number of fused-ring (bicyclic) bond motifs is 4. The minimum absolute atomic E-state index is 0. The molecule has 4 amide bonds. The number of unbranched alkanes of at least 4 members (excludes halogenated alkanes) is 4. The van der Waals surface area contributed by atoms with Gasteiger partial charge in [-0.3, -0.25) is 19.2 Å². The number of nitrogens with zero attached hydrogens (tertiary/aromatic N) is 7. The molecule has 0 aromatic rings. The number of esters is 2. The summed E-state index contributed by atoms with van der Waals surface area (Å²) in [7, 11) is 14.2. The molecule has 10 aliphatic heterocycles. The molecule has 0 aromatic carbocycles. The molecule has 10 heterocycles. The Balaban J connectivity index is 0.000000210. The van der Waals surface area contributed by atoms with E-state index in [1.165, 1.54) is 51.9 Å². The van der Waals surface area contributed by atoms with Gasteiger partial charge in [-0.2, -0.15) is 0 Å². The average molecular weight is 1380 g/mol. The van der Waals surface area contributed by atoms with Crippen molar-refractivity contribution in [2.75, 3.05) is 102 Å². The van der Waals surface area contributed by atoms with Crippen molar-refractivity contribution in [2.45, 2.75) is 288 Å². The standard InChI is InChI=1S/3C13H24N2O2.C12H22N2O2.C11H16O3.C10H13ClO3.Li.H2O/c3*1-4-5-6-11-13(17-12(16)15(11)3)7-9-14(2)10-8-13;1-3-4-5-10-12(16-11(15)13-10)6-8-14(2)9-7-12;1-7(12)11-6-5-10(4,8(13)14-11)9(11,2)3;1-8(2)9(3)4-5-10(8,6(11)12)14-7(9)13;;/h3*11H,4-10H2,1-3H3;10H,3-9H2,1-2H3,(H,13,15);5-6H2,1-4H3;4-5H2,1-3H3;;1H2/q;;;;;;+1;/p-1/t2*11-;;;;;;/m10....../s1. The summed E-state index contributed by atoms with van der Waals surface area (Å²) in [6, 6.07) is 1.07. The van der Waals surface area contributed by atoms with Gasteiger partial charge in [0.25, 0.3) is 5.24 Å². The van der Waals surface area contributed by atoms with Crippen molar-refractivity contribution >= 4 is 58.9 Å². The zero-order valence-electron chi connectivity index (χ0n) is 63.1. The molecule has 12 rings (SSSR count). The maximum Gasteiger partial charge on any atom is 1.00 e. The van der Waals surface area contributed by atoms with Gasteiger partial charge in [-0.15, -0.1) is 0 Å². The smallest absolute Gasteiger partial charge is 0.870 e. The van der Waals surface area contributed by atoms with E-state index in [1.807, 2.05) is 77.4 Å². The Morgan fingerprint density at radius 1 is 0.423 bits per heavy atom. The van der Waals surface area contributed by atoms with Crippen LogP contribution in [0.3, 0.4) is 0 Å². The van der Waals surface area contributed by atoms with Crippen LogP contribution in [0.2, 0.25) is 0 Å². The summed E-state index contributed by atoms with van der Waals surface area (Å²) >= 11 is 5.56. The number of carbonyl (C=O) groups excluding carboxylic acids is 8. The molecule has 12 aliphatic rings. The zero-order chi connectivity index (χ0) is 70.5. The first kappa shape index (κ1) is 83.7. The fraction of sp³-hybridized carbons (Fsp3) is 0.889. The van der Waals surface area contributed by atoms with Gasteiger partial charge in [0, 0.05) is 136 Å². The van der Waals surface area contributed by atoms with E-state index in [-0.39, 0.29) is 118 Å². The molecular formula is C72H124ClLiN8O15. The monoisotopic (exact) mass is 1380 g/mol. The van der Waals surface area contributed by atoms with Crippen LogP contribution in [0, 0.1) is 21.7 Å². The fourth-order valence-electron chi connectivity index (χ4n) is 17.7. The summed E-state index contributed by atoms with van der Waals surface area (Å²) in [6.45, 7) is 30.0. The molecule has 8 atom stereocenters. The van der Waals surface area contributed by atoms with Crippen LogP contribution in [0.1, 0.15) is 230 Å². The van der Waals surface area contributed by atoms with Crippen molar-refractivity contribution in [1.82, 2.24) is 39.6 Å². The Morgan fingerprint density at radius 2 is 0.701 bits per heavy atom. The number of likely N-dealkylation sites (tertiary alicyclic amines) is 4. The van der Waals surface area contributed by atoms with E-state index in [2.05, 4.69) is 80.8 Å². The predicted molar refractivity (Wildman–Crippen MR) is 367 cm³/mol. The summed E-state index contributed by atoms with van der Waals surface area (Å²) in [5.41, 5.74) is -4.65. The van der Waals surface area contributed by atoms with Crippen molar-refractivity contribution in [1.29, 1.82) is 0 Å². The molecule has 23 nitrogen and oxygen atoms in total. The van der Waals surface area contributed by atoms with Crippen LogP contribution in [0.25, 0.3) is 0 Å². The Hall–Kier alpha value is -3.95. The van der Waals surface area contributed by atoms with Crippen molar-refractivity contribution in [3.63, 3.8) is 0 Å². The molecule has 6 unspecified atom stereocenters. The molecule has 4 bridgehead atoms. The second-order valence-electron chi connectivity index (χ2n) is 31.8. The van der Waals surface area contributed by atoms with Gasteiger partial charge in [0.05, 0.1) is 35.0 Å². The van der Waals surface area contributed by atoms with Gasteiger partial charge in [-0.1, -0.05) is 107 Å². The first-order chi connectivity index (χ1) is 44.5. The first-order valence-corrected chi connectivity index (χ1v) is 36.7. The predicted octanol–water partition coefficient (Wildman–Crippen LogP) is 8.42. The number of nitrogens with one attached hydrogen (secondary N) is 1. The van der Waals surface area contributed by atoms with Gasteiger partial charge in [0.2, 0.25) is 0 Å². The van der Waals surface area contributed by atoms with Crippen LogP contribution in [0.5, 0.6) is 0 Å². The van der Waals surface area contributed by atoms with Crippen LogP contribution >= 0.6 is 11.6 Å². The number of ketones is 1. The van der Waals surface area contributed by atoms with Gasteiger partial charge in [-0.25, -0.2) is 19.2 Å². The van der Waals surface area contributed by atoms with Crippen molar-refractivity contribution < 1.29 is 91.1 Å². The number of piperidine rings is 4.